The molecule has 0 aromatic rings. The molecule has 0 saturated carbocycles. The summed E-state index contributed by atoms with van der Waals surface area (Å²) in [4.78, 5) is 1.72. The summed E-state index contributed by atoms with van der Waals surface area (Å²) in [6.45, 7) is 29.9. The topological polar surface area (TPSA) is 40.5 Å². The van der Waals surface area contributed by atoms with Crippen molar-refractivity contribution in [3.8, 4) is 0 Å². The van der Waals surface area contributed by atoms with E-state index in [1.807, 2.05) is 0 Å². The van der Waals surface area contributed by atoms with Gasteiger partial charge in [0.05, 0.1) is 0 Å². The third-order valence-electron chi connectivity index (χ3n) is 7.34. The van der Waals surface area contributed by atoms with Crippen molar-refractivity contribution in [3.05, 3.63) is 45.0 Å². The summed E-state index contributed by atoms with van der Waals surface area (Å²) < 4.78 is 0. The molecule has 0 amide bonds. The van der Waals surface area contributed by atoms with Crippen LogP contribution < -0.4 is 0 Å². The summed E-state index contributed by atoms with van der Waals surface area (Å²) in [7, 11) is 0. The smallest absolute Gasteiger partial charge is 0.119 e. The SMILES string of the molecule is CC(C)(C)C1=C(O)C(C(C)(C)C)=C(C(C)(C)C2=C(C(C)(C)C)C(O)=C(C(C)(C)C)CC2=S)C(=S)C1. The monoisotopic (exact) mass is 516 g/mol. The Bertz CT molecular complexity index is 991. The lowest BCUT2D eigenvalue weighted by molar-refractivity contribution is 0.332. The first kappa shape index (κ1) is 30.0. The summed E-state index contributed by atoms with van der Waals surface area (Å²) in [5, 5.41) is 23.4. The molecule has 0 aromatic carbocycles. The lowest BCUT2D eigenvalue weighted by Crippen LogP contribution is -2.38. The molecular weight excluding hydrogens is 468 g/mol. The Kier molecular flexibility index (Phi) is 7.65. The van der Waals surface area contributed by atoms with Crippen molar-refractivity contribution in [1.82, 2.24) is 0 Å². The van der Waals surface area contributed by atoms with Gasteiger partial charge in [-0.15, -0.1) is 0 Å². The Morgan fingerprint density at radius 3 is 0.914 bits per heavy atom. The second-order valence-electron chi connectivity index (χ2n) is 15.0. The van der Waals surface area contributed by atoms with Crippen molar-refractivity contribution in [2.45, 2.75) is 110 Å². The molecule has 0 saturated heterocycles. The van der Waals surface area contributed by atoms with Crippen molar-refractivity contribution in [2.24, 2.45) is 27.1 Å². The van der Waals surface area contributed by atoms with E-state index in [-0.39, 0.29) is 21.7 Å². The van der Waals surface area contributed by atoms with Gasteiger partial charge in [-0.3, -0.25) is 0 Å². The van der Waals surface area contributed by atoms with Crippen LogP contribution in [0, 0.1) is 27.1 Å². The molecule has 196 valence electrons. The molecule has 0 unspecified atom stereocenters. The van der Waals surface area contributed by atoms with Crippen molar-refractivity contribution in [1.29, 1.82) is 0 Å². The zero-order valence-corrected chi connectivity index (χ0v) is 26.3. The number of aliphatic hydroxyl groups excluding tert-OH is 2. The molecule has 0 aliphatic heterocycles. The lowest BCUT2D eigenvalue weighted by Gasteiger charge is -2.45. The standard InChI is InChI=1S/C31H48O2S2/c1-27(2,3)17-15-19(34)21(23(25(17)32)29(7,8)9)31(13,14)22-20(35)16-18(28(4,5)6)26(33)24(22)30(10,11)12/h32-33H,15-16H2,1-14H3. The van der Waals surface area contributed by atoms with E-state index in [0.29, 0.717) is 24.4 Å². The van der Waals surface area contributed by atoms with Crippen LogP contribution in [0.4, 0.5) is 0 Å². The van der Waals surface area contributed by atoms with E-state index >= 15 is 0 Å². The van der Waals surface area contributed by atoms with Gasteiger partial charge in [0.2, 0.25) is 0 Å². The summed E-state index contributed by atoms with van der Waals surface area (Å²) >= 11 is 12.3. The molecule has 0 radical (unpaired) electrons. The van der Waals surface area contributed by atoms with Gasteiger partial charge in [0.15, 0.2) is 0 Å². The number of rotatable bonds is 2. The molecule has 2 nitrogen and oxygen atoms in total. The van der Waals surface area contributed by atoms with Crippen molar-refractivity contribution < 1.29 is 10.2 Å². The molecular formula is C31H48O2S2. The predicted octanol–water partition coefficient (Wildman–Crippen LogP) is 9.96. The second-order valence-corrected chi connectivity index (χ2v) is 16.0. The van der Waals surface area contributed by atoms with Crippen LogP contribution >= 0.6 is 24.4 Å². The minimum absolute atomic E-state index is 0.196. The van der Waals surface area contributed by atoms with Crippen LogP contribution in [-0.4, -0.2) is 19.9 Å². The molecule has 0 spiro atoms. The molecule has 4 heteroatoms. The Morgan fingerprint density at radius 2 is 0.714 bits per heavy atom. The molecule has 2 aliphatic carbocycles. The molecule has 35 heavy (non-hydrogen) atoms. The Morgan fingerprint density at radius 1 is 0.457 bits per heavy atom. The second kappa shape index (κ2) is 8.94. The van der Waals surface area contributed by atoms with Gasteiger partial charge in [-0.25, -0.2) is 0 Å². The van der Waals surface area contributed by atoms with Gasteiger partial charge in [0.1, 0.15) is 11.5 Å². The zero-order valence-electron chi connectivity index (χ0n) is 24.6. The normalized spacial score (nSPS) is 19.9. The van der Waals surface area contributed by atoms with Gasteiger partial charge < -0.3 is 10.2 Å². The van der Waals surface area contributed by atoms with Gasteiger partial charge in [0, 0.05) is 39.1 Å². The molecule has 0 fully saturated rings. The quantitative estimate of drug-likeness (QED) is 0.358. The fourth-order valence-electron chi connectivity index (χ4n) is 5.63. The highest BCUT2D eigenvalue weighted by molar-refractivity contribution is 7.81. The van der Waals surface area contributed by atoms with E-state index in [1.165, 1.54) is 0 Å². The zero-order chi connectivity index (χ0) is 27.7. The van der Waals surface area contributed by atoms with E-state index in [9.17, 15) is 10.2 Å². The number of hydrogen-bond donors (Lipinski definition) is 2. The lowest BCUT2D eigenvalue weighted by atomic mass is 9.59. The van der Waals surface area contributed by atoms with E-state index in [2.05, 4.69) is 96.9 Å². The molecule has 0 aromatic heterocycles. The van der Waals surface area contributed by atoms with Gasteiger partial charge >= 0.3 is 0 Å². The Hall–Kier alpha value is -1.26. The maximum Gasteiger partial charge on any atom is 0.119 e. The summed E-state index contributed by atoms with van der Waals surface area (Å²) in [6.07, 6.45) is 1.12. The molecule has 2 aliphatic rings. The van der Waals surface area contributed by atoms with Crippen molar-refractivity contribution >= 4 is 34.2 Å². The number of aliphatic hydroxyl groups is 2. The predicted molar refractivity (Wildman–Crippen MR) is 159 cm³/mol. The third kappa shape index (κ3) is 5.54. The summed E-state index contributed by atoms with van der Waals surface area (Å²) in [6, 6.07) is 0. The maximum absolute atomic E-state index is 11.7. The maximum atomic E-state index is 11.7. The van der Waals surface area contributed by atoms with Crippen molar-refractivity contribution in [3.63, 3.8) is 0 Å². The minimum atomic E-state index is -0.589. The van der Waals surface area contributed by atoms with E-state index in [4.69, 9.17) is 24.4 Å². The van der Waals surface area contributed by atoms with Crippen LogP contribution in [0.2, 0.25) is 0 Å². The average molecular weight is 517 g/mol. The molecule has 0 heterocycles. The molecule has 2 N–H and O–H groups in total. The fraction of sp³-hybridized carbons (Fsp3) is 0.677. The third-order valence-corrected chi connectivity index (χ3v) is 8.04. The van der Waals surface area contributed by atoms with Gasteiger partial charge in [-0.2, -0.15) is 0 Å². The molecule has 0 bridgehead atoms. The first-order chi connectivity index (χ1) is 15.3. The first-order valence-corrected chi connectivity index (χ1v) is 13.6. The van der Waals surface area contributed by atoms with Gasteiger partial charge in [0.25, 0.3) is 0 Å². The number of thiocarbonyl (C=S) groups is 2. The first-order valence-electron chi connectivity index (χ1n) is 12.8. The summed E-state index contributed by atoms with van der Waals surface area (Å²) in [5.41, 5.74) is 4.10. The van der Waals surface area contributed by atoms with Crippen LogP contribution in [0.15, 0.2) is 45.0 Å². The van der Waals surface area contributed by atoms with Crippen LogP contribution in [0.3, 0.4) is 0 Å². The minimum Gasteiger partial charge on any atom is -0.508 e. The Labute approximate surface area is 225 Å². The highest BCUT2D eigenvalue weighted by Gasteiger charge is 2.47. The number of hydrogen-bond acceptors (Lipinski definition) is 4. The largest absolute Gasteiger partial charge is 0.508 e. The summed E-state index contributed by atoms with van der Waals surface area (Å²) in [5.74, 6) is 0.743. The number of allylic oxidation sites excluding steroid dienone is 6. The molecule has 2 rings (SSSR count). The van der Waals surface area contributed by atoms with Gasteiger partial charge in [-0.1, -0.05) is 121 Å². The Balaban J connectivity index is 3.10. The van der Waals surface area contributed by atoms with Crippen LogP contribution in [-0.2, 0) is 0 Å². The highest BCUT2D eigenvalue weighted by atomic mass is 32.1. The van der Waals surface area contributed by atoms with E-state index in [1.54, 1.807) is 0 Å². The van der Waals surface area contributed by atoms with Crippen LogP contribution in [0.25, 0.3) is 0 Å². The van der Waals surface area contributed by atoms with E-state index < -0.39 is 5.41 Å². The van der Waals surface area contributed by atoms with Gasteiger partial charge in [-0.05, 0) is 44.0 Å². The average Bonchev–Trinajstić information content (AvgIpc) is 2.59. The molecule has 0 atom stereocenters. The highest BCUT2D eigenvalue weighted by Crippen LogP contribution is 2.55. The van der Waals surface area contributed by atoms with Crippen LogP contribution in [0.5, 0.6) is 0 Å². The fourth-order valence-corrected chi connectivity index (χ4v) is 6.63. The van der Waals surface area contributed by atoms with Crippen LogP contribution in [0.1, 0.15) is 110 Å². The van der Waals surface area contributed by atoms with Crippen molar-refractivity contribution in [2.75, 3.05) is 0 Å². The van der Waals surface area contributed by atoms with E-state index in [0.717, 1.165) is 43.2 Å².